The van der Waals surface area contributed by atoms with E-state index in [2.05, 4.69) is 25.4 Å². The van der Waals surface area contributed by atoms with Crippen molar-refractivity contribution in [2.45, 2.75) is 57.8 Å². The molecule has 0 atom stereocenters. The van der Waals surface area contributed by atoms with Gasteiger partial charge in [-0.15, -0.1) is 0 Å². The zero-order valence-electron chi connectivity index (χ0n) is 24.8. The number of ether oxygens (including phenoxy) is 1. The number of carbonyl (C=O) groups is 2. The van der Waals surface area contributed by atoms with E-state index in [9.17, 15) is 22.8 Å². The molecule has 44 heavy (non-hydrogen) atoms. The molecular formula is C31H36F3N7O3. The zero-order valence-corrected chi connectivity index (χ0v) is 24.8. The minimum absolute atomic E-state index is 0.0420. The van der Waals surface area contributed by atoms with E-state index in [1.54, 1.807) is 25.3 Å². The monoisotopic (exact) mass is 611 g/mol. The Bertz CT molecular complexity index is 1500. The summed E-state index contributed by atoms with van der Waals surface area (Å²) >= 11 is 0. The highest BCUT2D eigenvalue weighted by molar-refractivity contribution is 6.10. The van der Waals surface area contributed by atoms with Crippen molar-refractivity contribution in [2.24, 2.45) is 0 Å². The molecule has 2 aromatic heterocycles. The number of aromatic nitrogens is 4. The first kappa shape index (κ1) is 31.3. The number of halogens is 3. The van der Waals surface area contributed by atoms with Crippen LogP contribution in [0.3, 0.4) is 0 Å². The molecule has 2 fully saturated rings. The number of Topliss-reactive ketones (excluding diaryl/α,β-unsaturated/α-hetero) is 1. The molecular weight excluding hydrogens is 575 g/mol. The van der Waals surface area contributed by atoms with Crippen molar-refractivity contribution in [3.05, 3.63) is 77.5 Å². The summed E-state index contributed by atoms with van der Waals surface area (Å²) < 4.78 is 45.4. The maximum Gasteiger partial charge on any atom is 0.422 e. The van der Waals surface area contributed by atoms with Gasteiger partial charge in [0.05, 0.1) is 23.6 Å². The summed E-state index contributed by atoms with van der Waals surface area (Å²) in [7, 11) is 0. The molecule has 1 N–H and O–H groups in total. The van der Waals surface area contributed by atoms with Crippen LogP contribution >= 0.6 is 0 Å². The van der Waals surface area contributed by atoms with Crippen LogP contribution in [-0.2, 0) is 6.54 Å². The standard InChI is InChI=1S/C31H36F3N7O3/c1-3-4-6-24(18-39-16-15-36-30(20-39)10-11-30)41(29(43)25-7-5-12-35-22(25)2)26-17-23(27(42)19-40-37-13-14-38-40)8-9-28(26)44-21-31(32,33)34/h5-9,12-14,17,36H,3-4,10-11,15-16,18-21H2,1-2H3/b24-6+. The normalized spacial score (nSPS) is 16.6. The van der Waals surface area contributed by atoms with Crippen molar-refractivity contribution in [1.82, 2.24) is 30.2 Å². The molecule has 1 spiro atoms. The highest BCUT2D eigenvalue weighted by atomic mass is 19.4. The number of hydrogen-bond acceptors (Lipinski definition) is 8. The number of allylic oxidation sites excluding steroid dienone is 1. The Balaban J connectivity index is 1.61. The number of pyridine rings is 1. The first-order valence-electron chi connectivity index (χ1n) is 14.7. The highest BCUT2D eigenvalue weighted by Crippen LogP contribution is 2.39. The van der Waals surface area contributed by atoms with Crippen molar-refractivity contribution in [2.75, 3.05) is 37.7 Å². The van der Waals surface area contributed by atoms with E-state index >= 15 is 0 Å². The first-order chi connectivity index (χ1) is 21.1. The van der Waals surface area contributed by atoms with Crippen LogP contribution in [0.1, 0.15) is 59.0 Å². The van der Waals surface area contributed by atoms with Gasteiger partial charge in [0.15, 0.2) is 12.4 Å². The SMILES string of the molecule is CCC/C=C(\CN1CCNC2(CC2)C1)N(C(=O)c1cccnc1C)c1cc(C(=O)Cn2nccn2)ccc1OCC(F)(F)F. The lowest BCUT2D eigenvalue weighted by molar-refractivity contribution is -0.153. The number of anilines is 1. The Morgan fingerprint density at radius 1 is 1.14 bits per heavy atom. The first-order valence-corrected chi connectivity index (χ1v) is 14.7. The Kier molecular flexibility index (Phi) is 9.45. The molecule has 1 amide bonds. The molecule has 10 nitrogen and oxygen atoms in total. The van der Waals surface area contributed by atoms with E-state index < -0.39 is 18.7 Å². The maximum atomic E-state index is 14.5. The Hall–Kier alpha value is -4.10. The quantitative estimate of drug-likeness (QED) is 0.297. The second-order valence-corrected chi connectivity index (χ2v) is 11.2. The minimum Gasteiger partial charge on any atom is -0.482 e. The molecule has 0 bridgehead atoms. The fraction of sp³-hybridized carbons (Fsp3) is 0.452. The predicted octanol–water partition coefficient (Wildman–Crippen LogP) is 4.57. The number of amides is 1. The number of carbonyl (C=O) groups excluding carboxylic acids is 2. The number of alkyl halides is 3. The van der Waals surface area contributed by atoms with Gasteiger partial charge in [-0.2, -0.15) is 28.2 Å². The van der Waals surface area contributed by atoms with Gasteiger partial charge in [0.2, 0.25) is 0 Å². The number of unbranched alkanes of at least 4 members (excludes halogenated alkanes) is 1. The summed E-state index contributed by atoms with van der Waals surface area (Å²) in [4.78, 5) is 36.9. The fourth-order valence-electron chi connectivity index (χ4n) is 5.35. The number of hydrogen-bond donors (Lipinski definition) is 1. The summed E-state index contributed by atoms with van der Waals surface area (Å²) in [6, 6.07) is 7.39. The summed E-state index contributed by atoms with van der Waals surface area (Å²) in [5, 5.41) is 11.5. The number of ketones is 1. The molecule has 13 heteroatoms. The molecule has 0 radical (unpaired) electrons. The predicted molar refractivity (Wildman–Crippen MR) is 158 cm³/mol. The highest BCUT2D eigenvalue weighted by Gasteiger charge is 2.45. The molecule has 3 heterocycles. The lowest BCUT2D eigenvalue weighted by Gasteiger charge is -2.37. The summed E-state index contributed by atoms with van der Waals surface area (Å²) in [6.07, 6.45) is 5.33. The largest absolute Gasteiger partial charge is 0.482 e. The number of rotatable bonds is 12. The molecule has 1 saturated carbocycles. The van der Waals surface area contributed by atoms with Crippen LogP contribution in [-0.4, -0.2) is 81.1 Å². The van der Waals surface area contributed by atoms with Crippen LogP contribution in [0.2, 0.25) is 0 Å². The van der Waals surface area contributed by atoms with Crippen LogP contribution in [0, 0.1) is 6.92 Å². The van der Waals surface area contributed by atoms with Crippen LogP contribution < -0.4 is 15.0 Å². The average molecular weight is 612 g/mol. The number of aryl methyl sites for hydroxylation is 1. The van der Waals surface area contributed by atoms with E-state index in [-0.39, 0.29) is 40.4 Å². The van der Waals surface area contributed by atoms with E-state index in [1.807, 2.05) is 13.0 Å². The second kappa shape index (κ2) is 13.3. The molecule has 3 aromatic rings. The fourth-order valence-corrected chi connectivity index (χ4v) is 5.35. The minimum atomic E-state index is -4.62. The average Bonchev–Trinajstić information content (AvgIpc) is 3.51. The second-order valence-electron chi connectivity index (χ2n) is 11.2. The lowest BCUT2D eigenvalue weighted by Crippen LogP contribution is -2.53. The van der Waals surface area contributed by atoms with Gasteiger partial charge >= 0.3 is 6.18 Å². The Morgan fingerprint density at radius 3 is 2.59 bits per heavy atom. The van der Waals surface area contributed by atoms with Gasteiger partial charge in [-0.1, -0.05) is 19.4 Å². The number of nitrogens with zero attached hydrogens (tertiary/aromatic N) is 6. The topological polar surface area (TPSA) is 105 Å². The van der Waals surface area contributed by atoms with E-state index in [1.165, 1.54) is 40.3 Å². The van der Waals surface area contributed by atoms with Crippen LogP contribution in [0.25, 0.3) is 0 Å². The van der Waals surface area contributed by atoms with Gasteiger partial charge in [0.1, 0.15) is 12.3 Å². The summed E-state index contributed by atoms with van der Waals surface area (Å²) in [5.74, 6) is -1.04. The molecule has 2 aliphatic rings. The van der Waals surface area contributed by atoms with Gasteiger partial charge in [-0.05, 0) is 56.5 Å². The van der Waals surface area contributed by atoms with Crippen LogP contribution in [0.4, 0.5) is 18.9 Å². The van der Waals surface area contributed by atoms with Gasteiger partial charge in [-0.25, -0.2) is 0 Å². The Morgan fingerprint density at radius 2 is 1.91 bits per heavy atom. The van der Waals surface area contributed by atoms with Gasteiger partial charge in [0.25, 0.3) is 5.91 Å². The van der Waals surface area contributed by atoms with Crippen LogP contribution in [0.15, 0.2) is 60.7 Å². The molecule has 1 aliphatic heterocycles. The summed E-state index contributed by atoms with van der Waals surface area (Å²) in [5.41, 5.74) is 1.62. The van der Waals surface area contributed by atoms with Gasteiger partial charge < -0.3 is 10.1 Å². The summed E-state index contributed by atoms with van der Waals surface area (Å²) in [6.45, 7) is 4.66. The lowest BCUT2D eigenvalue weighted by atomic mass is 10.1. The zero-order chi connectivity index (χ0) is 31.3. The van der Waals surface area contributed by atoms with Crippen molar-refractivity contribution in [3.63, 3.8) is 0 Å². The van der Waals surface area contributed by atoms with Gasteiger partial charge in [0, 0.05) is 54.9 Å². The maximum absolute atomic E-state index is 14.5. The van der Waals surface area contributed by atoms with E-state index in [0.29, 0.717) is 24.4 Å². The van der Waals surface area contributed by atoms with Crippen molar-refractivity contribution >= 4 is 17.4 Å². The number of nitrogens with one attached hydrogen (secondary N) is 1. The Labute approximate surface area is 253 Å². The van der Waals surface area contributed by atoms with E-state index in [4.69, 9.17) is 4.74 Å². The van der Waals surface area contributed by atoms with Gasteiger partial charge in [-0.3, -0.25) is 24.4 Å². The van der Waals surface area contributed by atoms with Crippen molar-refractivity contribution in [1.29, 1.82) is 0 Å². The molecule has 1 saturated heterocycles. The third kappa shape index (κ3) is 7.69. The van der Waals surface area contributed by atoms with Crippen molar-refractivity contribution < 1.29 is 27.5 Å². The molecule has 1 aromatic carbocycles. The molecule has 234 valence electrons. The smallest absolute Gasteiger partial charge is 0.422 e. The van der Waals surface area contributed by atoms with E-state index in [0.717, 1.165) is 38.9 Å². The van der Waals surface area contributed by atoms with Crippen LogP contribution in [0.5, 0.6) is 5.75 Å². The third-order valence-corrected chi connectivity index (χ3v) is 7.75. The molecule has 1 aliphatic carbocycles. The number of benzene rings is 1. The third-order valence-electron chi connectivity index (χ3n) is 7.75. The van der Waals surface area contributed by atoms with Crippen molar-refractivity contribution in [3.8, 4) is 5.75 Å². The number of piperazine rings is 1. The molecule has 0 unspecified atom stereocenters. The molecule has 5 rings (SSSR count).